The summed E-state index contributed by atoms with van der Waals surface area (Å²) in [5.41, 5.74) is 3.62. The molecule has 0 aliphatic carbocycles. The molecule has 5 nitrogen and oxygen atoms in total. The molecule has 142 valence electrons. The van der Waals surface area contributed by atoms with Crippen molar-refractivity contribution in [1.82, 2.24) is 19.4 Å². The molecule has 0 radical (unpaired) electrons. The number of rotatable bonds is 7. The Morgan fingerprint density at radius 3 is 2.44 bits per heavy atom. The van der Waals surface area contributed by atoms with Crippen LogP contribution in [0.15, 0.2) is 54.6 Å². The second kappa shape index (κ2) is 8.11. The van der Waals surface area contributed by atoms with E-state index in [0.29, 0.717) is 0 Å². The zero-order chi connectivity index (χ0) is 18.6. The molecule has 3 aromatic rings. The van der Waals surface area contributed by atoms with Crippen LogP contribution < -0.4 is 4.90 Å². The topological polar surface area (TPSA) is 27.5 Å². The van der Waals surface area contributed by atoms with Crippen LogP contribution in [0, 0.1) is 0 Å². The second-order valence-electron chi connectivity index (χ2n) is 7.22. The number of nitrogens with zero attached hydrogens (tertiary/aromatic N) is 5. The first-order valence-corrected chi connectivity index (χ1v) is 9.97. The summed E-state index contributed by atoms with van der Waals surface area (Å²) in [4.78, 5) is 12.4. The van der Waals surface area contributed by atoms with Crippen LogP contribution in [0.4, 0.5) is 5.95 Å². The molecule has 1 aliphatic heterocycles. The molecule has 27 heavy (non-hydrogen) atoms. The molecule has 4 rings (SSSR count). The van der Waals surface area contributed by atoms with Gasteiger partial charge in [0.1, 0.15) is 0 Å². The smallest absolute Gasteiger partial charge is 0.209 e. The summed E-state index contributed by atoms with van der Waals surface area (Å²) in [7, 11) is 0. The fraction of sp³-hybridized carbons (Fsp3) is 0.409. The zero-order valence-corrected chi connectivity index (χ0v) is 16.4. The molecule has 0 saturated heterocycles. The highest BCUT2D eigenvalue weighted by atomic mass is 15.5. The van der Waals surface area contributed by atoms with Crippen LogP contribution in [0.1, 0.15) is 19.4 Å². The van der Waals surface area contributed by atoms with E-state index in [2.05, 4.69) is 87.7 Å². The molecule has 0 amide bonds. The maximum Gasteiger partial charge on any atom is 0.209 e. The van der Waals surface area contributed by atoms with Gasteiger partial charge in [0.25, 0.3) is 0 Å². The number of hydrogen-bond donors (Lipinski definition) is 0. The van der Waals surface area contributed by atoms with Gasteiger partial charge >= 0.3 is 0 Å². The van der Waals surface area contributed by atoms with Gasteiger partial charge in [0.05, 0.1) is 24.4 Å². The van der Waals surface area contributed by atoms with Crippen molar-refractivity contribution in [2.45, 2.75) is 27.1 Å². The third-order valence-electron chi connectivity index (χ3n) is 5.47. The summed E-state index contributed by atoms with van der Waals surface area (Å²) in [5.74, 6) is 1.08. The average Bonchev–Trinajstić information content (AvgIpc) is 3.09. The minimum atomic E-state index is 0.881. The van der Waals surface area contributed by atoms with Crippen LogP contribution in [0.5, 0.6) is 0 Å². The Labute approximate surface area is 161 Å². The van der Waals surface area contributed by atoms with E-state index in [-0.39, 0.29) is 0 Å². The number of hydrogen-bond acceptors (Lipinski definition) is 4. The molecular weight excluding hydrogens is 334 g/mol. The minimum Gasteiger partial charge on any atom is -0.325 e. The van der Waals surface area contributed by atoms with Crippen molar-refractivity contribution in [3.63, 3.8) is 0 Å². The van der Waals surface area contributed by atoms with Crippen LogP contribution >= 0.6 is 0 Å². The third kappa shape index (κ3) is 3.84. The zero-order valence-electron chi connectivity index (χ0n) is 16.4. The Hall–Kier alpha value is -2.37. The van der Waals surface area contributed by atoms with Gasteiger partial charge in [-0.15, -0.1) is 0 Å². The average molecular weight is 364 g/mol. The van der Waals surface area contributed by atoms with Crippen LogP contribution in [0.25, 0.3) is 11.0 Å². The monoisotopic (exact) mass is 363 g/mol. The van der Waals surface area contributed by atoms with Crippen molar-refractivity contribution in [2.75, 3.05) is 37.7 Å². The van der Waals surface area contributed by atoms with Gasteiger partial charge in [0.15, 0.2) is 0 Å². The number of fused-ring (bicyclic) bond motifs is 3. The van der Waals surface area contributed by atoms with Gasteiger partial charge in [0.2, 0.25) is 5.95 Å². The van der Waals surface area contributed by atoms with E-state index in [1.54, 1.807) is 0 Å². The highest BCUT2D eigenvalue weighted by Crippen LogP contribution is 2.28. The Kier molecular flexibility index (Phi) is 5.41. The van der Waals surface area contributed by atoms with E-state index >= 15 is 0 Å². The van der Waals surface area contributed by atoms with Crippen LogP contribution in [-0.2, 0) is 13.2 Å². The fourth-order valence-corrected chi connectivity index (χ4v) is 3.88. The fourth-order valence-electron chi connectivity index (χ4n) is 3.88. The summed E-state index contributed by atoms with van der Waals surface area (Å²) in [5, 5.41) is 0. The number of benzene rings is 2. The first-order valence-electron chi connectivity index (χ1n) is 9.97. The van der Waals surface area contributed by atoms with Crippen molar-refractivity contribution in [3.05, 3.63) is 60.2 Å². The van der Waals surface area contributed by atoms with Gasteiger partial charge in [-0.25, -0.2) is 4.98 Å². The van der Waals surface area contributed by atoms with Crippen LogP contribution in [0.2, 0.25) is 0 Å². The molecule has 2 aromatic carbocycles. The van der Waals surface area contributed by atoms with Gasteiger partial charge in [-0.1, -0.05) is 56.3 Å². The van der Waals surface area contributed by atoms with E-state index in [9.17, 15) is 0 Å². The van der Waals surface area contributed by atoms with Crippen LogP contribution in [0.3, 0.4) is 0 Å². The number of anilines is 1. The first-order chi connectivity index (χ1) is 13.3. The third-order valence-corrected chi connectivity index (χ3v) is 5.47. The highest BCUT2D eigenvalue weighted by molar-refractivity contribution is 5.79. The predicted molar refractivity (Wildman–Crippen MR) is 112 cm³/mol. The normalized spacial score (nSPS) is 14.9. The molecule has 0 unspecified atom stereocenters. The van der Waals surface area contributed by atoms with Crippen LogP contribution in [-0.4, -0.2) is 52.2 Å². The second-order valence-corrected chi connectivity index (χ2v) is 7.22. The lowest BCUT2D eigenvalue weighted by molar-refractivity contribution is 0.166. The molecule has 0 bridgehead atoms. The molecular formula is C22H29N5. The van der Waals surface area contributed by atoms with Crippen molar-refractivity contribution in [1.29, 1.82) is 0 Å². The maximum absolute atomic E-state index is 4.94. The molecule has 0 saturated carbocycles. The summed E-state index contributed by atoms with van der Waals surface area (Å²) >= 11 is 0. The molecule has 0 spiro atoms. The van der Waals surface area contributed by atoms with Gasteiger partial charge in [0, 0.05) is 19.6 Å². The van der Waals surface area contributed by atoms with E-state index in [1.807, 2.05) is 0 Å². The number of aromatic nitrogens is 2. The number of imidazole rings is 1. The predicted octanol–water partition coefficient (Wildman–Crippen LogP) is 3.62. The van der Waals surface area contributed by atoms with E-state index in [4.69, 9.17) is 4.98 Å². The Morgan fingerprint density at radius 2 is 1.67 bits per heavy atom. The summed E-state index contributed by atoms with van der Waals surface area (Å²) in [6.45, 7) is 11.6. The lowest BCUT2D eigenvalue weighted by atomic mass is 10.2. The molecule has 1 aliphatic rings. The van der Waals surface area contributed by atoms with E-state index < -0.39 is 0 Å². The molecule has 0 atom stereocenters. The number of likely N-dealkylation sites (N-methyl/N-ethyl adjacent to an activating group) is 1. The Balaban J connectivity index is 1.61. The summed E-state index contributed by atoms with van der Waals surface area (Å²) < 4.78 is 2.37. The van der Waals surface area contributed by atoms with Crippen molar-refractivity contribution >= 4 is 17.0 Å². The highest BCUT2D eigenvalue weighted by Gasteiger charge is 2.26. The summed E-state index contributed by atoms with van der Waals surface area (Å²) in [6.07, 6.45) is 0. The van der Waals surface area contributed by atoms with Crippen molar-refractivity contribution in [2.24, 2.45) is 0 Å². The van der Waals surface area contributed by atoms with E-state index in [0.717, 1.165) is 57.5 Å². The molecule has 5 heteroatoms. The van der Waals surface area contributed by atoms with E-state index in [1.165, 1.54) is 11.1 Å². The van der Waals surface area contributed by atoms with Crippen molar-refractivity contribution < 1.29 is 0 Å². The van der Waals surface area contributed by atoms with Gasteiger partial charge in [-0.2, -0.15) is 0 Å². The summed E-state index contributed by atoms with van der Waals surface area (Å²) in [6, 6.07) is 19.2. The van der Waals surface area contributed by atoms with Crippen molar-refractivity contribution in [3.8, 4) is 0 Å². The Bertz CT molecular complexity index is 869. The van der Waals surface area contributed by atoms with Gasteiger partial charge in [-0.05, 0) is 30.8 Å². The molecule has 0 fully saturated rings. The molecule has 1 aromatic heterocycles. The molecule has 2 heterocycles. The number of para-hydroxylation sites is 2. The standard InChI is InChI=1S/C22H29N5/c1-3-24(4-2)14-15-25-17-26(16-19-10-6-5-7-11-19)22-23-20-12-8-9-13-21(20)27(22)18-25/h5-13H,3-4,14-18H2,1-2H3. The first kappa shape index (κ1) is 18.0. The Morgan fingerprint density at radius 1 is 0.926 bits per heavy atom. The maximum atomic E-state index is 4.94. The lowest BCUT2D eigenvalue weighted by Crippen LogP contribution is -2.47. The SMILES string of the molecule is CCN(CC)CCN1CN(Cc2ccccc2)c2nc3ccccc3n2C1. The largest absolute Gasteiger partial charge is 0.325 e. The van der Waals surface area contributed by atoms with Gasteiger partial charge in [-0.3, -0.25) is 9.47 Å². The minimum absolute atomic E-state index is 0.881. The molecule has 0 N–H and O–H groups in total. The van der Waals surface area contributed by atoms with Gasteiger partial charge < -0.3 is 9.80 Å². The lowest BCUT2D eigenvalue weighted by Gasteiger charge is -2.38. The quantitative estimate of drug-likeness (QED) is 0.641.